The third kappa shape index (κ3) is 3.13. The fraction of sp³-hybridized carbons (Fsp3) is 0.233. The summed E-state index contributed by atoms with van der Waals surface area (Å²) in [7, 11) is 1.54. The van der Waals surface area contributed by atoms with Crippen molar-refractivity contribution in [1.29, 1.82) is 0 Å². The van der Waals surface area contributed by atoms with Crippen molar-refractivity contribution in [2.24, 2.45) is 0 Å². The standard InChI is InChI=1S/C30H26N2O5/c1-18-15-21-24(16-19(18)2)37-27-25(26(21)33)30(32(28(27)34)13-14-36-3)22-11-7-8-12-23(22)31(29(30)35)17-20-9-5-4-6-10-20/h4-12,15-16H,13-14,17H2,1-3H3. The number of methoxy groups -OCH3 is 1. The van der Waals surface area contributed by atoms with Crippen LogP contribution in [0.3, 0.4) is 0 Å². The highest BCUT2D eigenvalue weighted by Crippen LogP contribution is 2.52. The van der Waals surface area contributed by atoms with Crippen LogP contribution in [0.15, 0.2) is 75.9 Å². The molecule has 6 rings (SSSR count). The van der Waals surface area contributed by atoms with E-state index in [1.165, 1.54) is 12.0 Å². The summed E-state index contributed by atoms with van der Waals surface area (Å²) < 4.78 is 11.5. The Kier molecular flexibility index (Phi) is 5.28. The number of aryl methyl sites for hydroxylation is 2. The van der Waals surface area contributed by atoms with Gasteiger partial charge < -0.3 is 19.0 Å². The minimum absolute atomic E-state index is 0.0809. The molecule has 0 bridgehead atoms. The van der Waals surface area contributed by atoms with Gasteiger partial charge in [-0.25, -0.2) is 0 Å². The van der Waals surface area contributed by atoms with Crippen LogP contribution in [-0.4, -0.2) is 37.0 Å². The number of carbonyl (C=O) groups excluding carboxylic acids is 2. The highest BCUT2D eigenvalue weighted by molar-refractivity contribution is 6.17. The lowest BCUT2D eigenvalue weighted by Crippen LogP contribution is -2.54. The van der Waals surface area contributed by atoms with Crippen LogP contribution in [0.1, 0.15) is 38.4 Å². The van der Waals surface area contributed by atoms with Gasteiger partial charge in [0, 0.05) is 19.2 Å². The maximum Gasteiger partial charge on any atom is 0.291 e. The Morgan fingerprint density at radius 1 is 0.919 bits per heavy atom. The van der Waals surface area contributed by atoms with Crippen LogP contribution < -0.4 is 10.3 Å². The van der Waals surface area contributed by atoms with Crippen molar-refractivity contribution in [1.82, 2.24) is 4.90 Å². The van der Waals surface area contributed by atoms with Crippen LogP contribution in [0.4, 0.5) is 5.69 Å². The average Bonchev–Trinajstić information content (AvgIpc) is 3.29. The summed E-state index contributed by atoms with van der Waals surface area (Å²) in [6, 6.07) is 20.6. The molecule has 1 unspecified atom stereocenters. The number of amides is 2. The second-order valence-corrected chi connectivity index (χ2v) is 9.62. The van der Waals surface area contributed by atoms with Gasteiger partial charge in [0.2, 0.25) is 5.76 Å². The molecule has 1 aromatic heterocycles. The number of para-hydroxylation sites is 1. The van der Waals surface area contributed by atoms with Crippen LogP contribution in [0, 0.1) is 13.8 Å². The Balaban J connectivity index is 1.66. The van der Waals surface area contributed by atoms with Gasteiger partial charge in [-0.3, -0.25) is 14.4 Å². The quantitative estimate of drug-likeness (QED) is 0.413. The van der Waals surface area contributed by atoms with Gasteiger partial charge >= 0.3 is 0 Å². The average molecular weight is 495 g/mol. The molecule has 1 atom stereocenters. The highest BCUT2D eigenvalue weighted by Gasteiger charge is 2.64. The molecule has 7 nitrogen and oxygen atoms in total. The van der Waals surface area contributed by atoms with Crippen molar-refractivity contribution in [2.45, 2.75) is 25.9 Å². The van der Waals surface area contributed by atoms with Crippen molar-refractivity contribution >= 4 is 28.5 Å². The van der Waals surface area contributed by atoms with E-state index in [9.17, 15) is 14.4 Å². The number of rotatable bonds is 5. The van der Waals surface area contributed by atoms with Crippen LogP contribution in [0.25, 0.3) is 11.0 Å². The maximum atomic E-state index is 14.6. The Morgan fingerprint density at radius 2 is 1.62 bits per heavy atom. The first-order chi connectivity index (χ1) is 17.9. The van der Waals surface area contributed by atoms with E-state index in [0.717, 1.165) is 16.7 Å². The summed E-state index contributed by atoms with van der Waals surface area (Å²) >= 11 is 0. The summed E-state index contributed by atoms with van der Waals surface area (Å²) in [5.41, 5.74) is 2.49. The normalized spacial score (nSPS) is 18.2. The van der Waals surface area contributed by atoms with Gasteiger partial charge in [-0.15, -0.1) is 0 Å². The molecule has 186 valence electrons. The summed E-state index contributed by atoms with van der Waals surface area (Å²) in [6.45, 7) is 4.46. The van der Waals surface area contributed by atoms with E-state index in [-0.39, 0.29) is 35.8 Å². The zero-order chi connectivity index (χ0) is 25.9. The SMILES string of the molecule is COCCN1C(=O)c2oc3cc(C)c(C)cc3c(=O)c2C12C(=O)N(Cc1ccccc1)c1ccccc12. The van der Waals surface area contributed by atoms with Gasteiger partial charge in [0.05, 0.1) is 29.8 Å². The van der Waals surface area contributed by atoms with Crippen LogP contribution in [-0.2, 0) is 21.6 Å². The van der Waals surface area contributed by atoms with Crippen molar-refractivity contribution in [3.63, 3.8) is 0 Å². The number of anilines is 1. The van der Waals surface area contributed by atoms with Crippen molar-refractivity contribution in [2.75, 3.05) is 25.2 Å². The lowest BCUT2D eigenvalue weighted by Gasteiger charge is -2.34. The molecule has 0 fully saturated rings. The molecule has 2 aliphatic rings. The number of hydrogen-bond acceptors (Lipinski definition) is 5. The van der Waals surface area contributed by atoms with Gasteiger partial charge in [0.15, 0.2) is 11.0 Å². The van der Waals surface area contributed by atoms with Crippen molar-refractivity contribution in [3.05, 3.63) is 111 Å². The lowest BCUT2D eigenvalue weighted by atomic mass is 9.84. The topological polar surface area (TPSA) is 80.1 Å². The zero-order valence-corrected chi connectivity index (χ0v) is 20.9. The fourth-order valence-corrected chi connectivity index (χ4v) is 5.65. The first kappa shape index (κ1) is 23.2. The van der Waals surface area contributed by atoms with Gasteiger partial charge in [-0.05, 0) is 48.7 Å². The summed E-state index contributed by atoms with van der Waals surface area (Å²) in [5.74, 6) is -0.924. The predicted octanol–water partition coefficient (Wildman–Crippen LogP) is 4.30. The third-order valence-corrected chi connectivity index (χ3v) is 7.55. The van der Waals surface area contributed by atoms with E-state index < -0.39 is 11.4 Å². The number of hydrogen-bond donors (Lipinski definition) is 0. The van der Waals surface area contributed by atoms with Gasteiger partial charge in [0.1, 0.15) is 5.58 Å². The highest BCUT2D eigenvalue weighted by atomic mass is 16.5. The minimum Gasteiger partial charge on any atom is -0.450 e. The van der Waals surface area contributed by atoms with E-state index in [4.69, 9.17) is 9.15 Å². The largest absolute Gasteiger partial charge is 0.450 e. The molecular weight excluding hydrogens is 468 g/mol. The molecule has 0 aliphatic carbocycles. The molecule has 2 amide bonds. The number of carbonyl (C=O) groups is 2. The smallest absolute Gasteiger partial charge is 0.291 e. The Hall–Kier alpha value is -4.23. The summed E-state index contributed by atoms with van der Waals surface area (Å²) in [5, 5.41) is 0.356. The minimum atomic E-state index is -1.64. The van der Waals surface area contributed by atoms with Crippen molar-refractivity contribution < 1.29 is 18.7 Å². The lowest BCUT2D eigenvalue weighted by molar-refractivity contribution is -0.126. The molecule has 3 heterocycles. The number of nitrogens with zero attached hydrogens (tertiary/aromatic N) is 2. The van der Waals surface area contributed by atoms with E-state index in [1.54, 1.807) is 17.0 Å². The van der Waals surface area contributed by atoms with Gasteiger partial charge in [-0.1, -0.05) is 48.5 Å². The van der Waals surface area contributed by atoms with Crippen LogP contribution in [0.2, 0.25) is 0 Å². The zero-order valence-electron chi connectivity index (χ0n) is 20.9. The van der Waals surface area contributed by atoms with Crippen molar-refractivity contribution in [3.8, 4) is 0 Å². The van der Waals surface area contributed by atoms with Gasteiger partial charge in [-0.2, -0.15) is 0 Å². The number of ether oxygens (including phenoxy) is 1. The van der Waals surface area contributed by atoms with E-state index in [2.05, 4.69) is 0 Å². The third-order valence-electron chi connectivity index (χ3n) is 7.55. The van der Waals surface area contributed by atoms with E-state index >= 15 is 0 Å². The monoisotopic (exact) mass is 494 g/mol. The second kappa shape index (κ2) is 8.42. The molecule has 1 spiro atoms. The maximum absolute atomic E-state index is 14.6. The first-order valence-corrected chi connectivity index (χ1v) is 12.2. The molecule has 4 aromatic rings. The molecule has 0 saturated carbocycles. The van der Waals surface area contributed by atoms with E-state index in [1.807, 2.05) is 68.4 Å². The predicted molar refractivity (Wildman–Crippen MR) is 140 cm³/mol. The van der Waals surface area contributed by atoms with Crippen LogP contribution >= 0.6 is 0 Å². The Bertz CT molecular complexity index is 1640. The molecule has 0 N–H and O–H groups in total. The fourth-order valence-electron chi connectivity index (χ4n) is 5.65. The summed E-state index contributed by atoms with van der Waals surface area (Å²) in [4.78, 5) is 45.8. The molecule has 7 heteroatoms. The Morgan fingerprint density at radius 3 is 2.38 bits per heavy atom. The molecule has 0 saturated heterocycles. The number of fused-ring (bicyclic) bond motifs is 5. The van der Waals surface area contributed by atoms with Crippen LogP contribution in [0.5, 0.6) is 0 Å². The summed E-state index contributed by atoms with van der Waals surface area (Å²) in [6.07, 6.45) is 0. The Labute approximate surface area is 213 Å². The molecule has 2 aliphatic heterocycles. The second-order valence-electron chi connectivity index (χ2n) is 9.62. The molecule has 37 heavy (non-hydrogen) atoms. The molecule has 3 aromatic carbocycles. The first-order valence-electron chi connectivity index (χ1n) is 12.2. The molecular formula is C30H26N2O5. The van der Waals surface area contributed by atoms with E-state index in [0.29, 0.717) is 28.8 Å². The molecule has 0 radical (unpaired) electrons. The van der Waals surface area contributed by atoms with Gasteiger partial charge in [0.25, 0.3) is 11.8 Å². The number of benzene rings is 3.